The zero-order valence-electron chi connectivity index (χ0n) is 15.9. The topological polar surface area (TPSA) is 57.3 Å². The maximum atomic E-state index is 12.0. The standard InChI is InChI=1S/C21H28N4O/c1-4-25(5-2)18-10-11-19(15(3)13-18)24-20-12-9-17(14-22-20)23-21(26)16-7-6-8-16/h9-14,16H,4-8H2,1-3H3,(H,22,24)(H,23,26). The van der Waals surface area contributed by atoms with Crippen LogP contribution in [0.15, 0.2) is 36.5 Å². The molecule has 5 nitrogen and oxygen atoms in total. The molecule has 1 heterocycles. The lowest BCUT2D eigenvalue weighted by Gasteiger charge is -2.24. The Kier molecular flexibility index (Phi) is 5.76. The second kappa shape index (κ2) is 8.21. The van der Waals surface area contributed by atoms with Crippen LogP contribution in [0.25, 0.3) is 0 Å². The van der Waals surface area contributed by atoms with E-state index in [4.69, 9.17) is 0 Å². The highest BCUT2D eigenvalue weighted by Gasteiger charge is 2.25. The van der Waals surface area contributed by atoms with Gasteiger partial charge in [-0.2, -0.15) is 0 Å². The van der Waals surface area contributed by atoms with E-state index in [9.17, 15) is 4.79 Å². The van der Waals surface area contributed by atoms with E-state index in [0.29, 0.717) is 0 Å². The Morgan fingerprint density at radius 3 is 2.50 bits per heavy atom. The lowest BCUT2D eigenvalue weighted by atomic mass is 9.85. The molecular weight excluding hydrogens is 324 g/mol. The molecule has 0 aliphatic heterocycles. The summed E-state index contributed by atoms with van der Waals surface area (Å²) in [6, 6.07) is 10.2. The Bertz CT molecular complexity index is 749. The maximum Gasteiger partial charge on any atom is 0.227 e. The molecule has 0 radical (unpaired) electrons. The molecule has 1 fully saturated rings. The predicted molar refractivity (Wildman–Crippen MR) is 108 cm³/mol. The molecule has 3 rings (SSSR count). The minimum Gasteiger partial charge on any atom is -0.372 e. The molecule has 0 unspecified atom stereocenters. The second-order valence-corrected chi connectivity index (χ2v) is 6.85. The van der Waals surface area contributed by atoms with Crippen molar-refractivity contribution in [2.75, 3.05) is 28.6 Å². The molecule has 1 aromatic carbocycles. The van der Waals surface area contributed by atoms with Gasteiger partial charge < -0.3 is 15.5 Å². The summed E-state index contributed by atoms with van der Waals surface area (Å²) in [4.78, 5) is 18.7. The van der Waals surface area contributed by atoms with E-state index in [1.807, 2.05) is 12.1 Å². The molecule has 1 amide bonds. The number of hydrogen-bond acceptors (Lipinski definition) is 4. The second-order valence-electron chi connectivity index (χ2n) is 6.85. The Hall–Kier alpha value is -2.56. The Balaban J connectivity index is 1.64. The zero-order chi connectivity index (χ0) is 18.5. The summed E-state index contributed by atoms with van der Waals surface area (Å²) in [5.74, 6) is 1.06. The van der Waals surface area contributed by atoms with E-state index in [1.54, 1.807) is 6.20 Å². The Morgan fingerprint density at radius 2 is 1.96 bits per heavy atom. The van der Waals surface area contributed by atoms with E-state index in [1.165, 1.54) is 11.3 Å². The molecule has 2 N–H and O–H groups in total. The van der Waals surface area contributed by atoms with Gasteiger partial charge in [0.25, 0.3) is 0 Å². The van der Waals surface area contributed by atoms with E-state index in [2.05, 4.69) is 59.5 Å². The van der Waals surface area contributed by atoms with Crippen molar-refractivity contribution < 1.29 is 4.79 Å². The molecule has 2 aromatic rings. The molecule has 138 valence electrons. The number of nitrogens with one attached hydrogen (secondary N) is 2. The van der Waals surface area contributed by atoms with Crippen molar-refractivity contribution in [3.63, 3.8) is 0 Å². The van der Waals surface area contributed by atoms with Gasteiger partial charge in [-0.15, -0.1) is 0 Å². The van der Waals surface area contributed by atoms with E-state index >= 15 is 0 Å². The summed E-state index contributed by atoms with van der Waals surface area (Å²) in [5, 5.41) is 6.30. The van der Waals surface area contributed by atoms with Crippen LogP contribution in [-0.2, 0) is 4.79 Å². The number of rotatable bonds is 7. The van der Waals surface area contributed by atoms with Gasteiger partial charge in [0.2, 0.25) is 5.91 Å². The van der Waals surface area contributed by atoms with Crippen molar-refractivity contribution in [1.82, 2.24) is 4.98 Å². The summed E-state index contributed by atoms with van der Waals surface area (Å²) in [5.41, 5.74) is 4.21. The molecule has 5 heteroatoms. The molecule has 0 saturated heterocycles. The molecular formula is C21H28N4O. The number of aryl methyl sites for hydroxylation is 1. The maximum absolute atomic E-state index is 12.0. The van der Waals surface area contributed by atoms with Crippen LogP contribution in [0.4, 0.5) is 22.9 Å². The van der Waals surface area contributed by atoms with Crippen LogP contribution in [0.5, 0.6) is 0 Å². The lowest BCUT2D eigenvalue weighted by Crippen LogP contribution is -2.28. The van der Waals surface area contributed by atoms with Gasteiger partial charge in [0.05, 0.1) is 11.9 Å². The number of anilines is 4. The fourth-order valence-corrected chi connectivity index (χ4v) is 3.17. The highest BCUT2D eigenvalue weighted by Crippen LogP contribution is 2.28. The van der Waals surface area contributed by atoms with Gasteiger partial charge in [-0.3, -0.25) is 4.79 Å². The van der Waals surface area contributed by atoms with E-state index in [0.717, 1.165) is 49.5 Å². The third kappa shape index (κ3) is 4.15. The molecule has 1 saturated carbocycles. The molecule has 26 heavy (non-hydrogen) atoms. The van der Waals surface area contributed by atoms with Crippen LogP contribution in [0.1, 0.15) is 38.7 Å². The first-order valence-corrected chi connectivity index (χ1v) is 9.50. The fraction of sp³-hybridized carbons (Fsp3) is 0.429. The van der Waals surface area contributed by atoms with Crippen LogP contribution in [-0.4, -0.2) is 24.0 Å². The largest absolute Gasteiger partial charge is 0.372 e. The Labute approximate surface area is 155 Å². The molecule has 0 spiro atoms. The van der Waals surface area contributed by atoms with Gasteiger partial charge >= 0.3 is 0 Å². The van der Waals surface area contributed by atoms with Gasteiger partial charge in [0, 0.05) is 30.4 Å². The van der Waals surface area contributed by atoms with Gasteiger partial charge in [-0.25, -0.2) is 4.98 Å². The van der Waals surface area contributed by atoms with Crippen LogP contribution in [0.2, 0.25) is 0 Å². The predicted octanol–water partition coefficient (Wildman–Crippen LogP) is 4.72. The highest BCUT2D eigenvalue weighted by molar-refractivity contribution is 5.92. The molecule has 1 aliphatic rings. The van der Waals surface area contributed by atoms with Crippen LogP contribution < -0.4 is 15.5 Å². The number of carbonyl (C=O) groups is 1. The summed E-state index contributed by atoms with van der Waals surface area (Å²) < 4.78 is 0. The monoisotopic (exact) mass is 352 g/mol. The van der Waals surface area contributed by atoms with Crippen LogP contribution in [0, 0.1) is 12.8 Å². The quantitative estimate of drug-likeness (QED) is 0.757. The number of nitrogens with zero attached hydrogens (tertiary/aromatic N) is 2. The first kappa shape index (κ1) is 18.2. The zero-order valence-corrected chi connectivity index (χ0v) is 15.9. The Morgan fingerprint density at radius 1 is 1.19 bits per heavy atom. The lowest BCUT2D eigenvalue weighted by molar-refractivity contribution is -0.122. The smallest absolute Gasteiger partial charge is 0.227 e. The summed E-state index contributed by atoms with van der Waals surface area (Å²) in [6.07, 6.45) is 4.87. The average Bonchev–Trinajstić information content (AvgIpc) is 2.58. The van der Waals surface area contributed by atoms with Crippen molar-refractivity contribution in [1.29, 1.82) is 0 Å². The SMILES string of the molecule is CCN(CC)c1ccc(Nc2ccc(NC(=O)C3CCC3)cn2)c(C)c1. The van der Waals surface area contributed by atoms with E-state index in [-0.39, 0.29) is 11.8 Å². The van der Waals surface area contributed by atoms with Gasteiger partial charge in [-0.05, 0) is 69.5 Å². The average molecular weight is 352 g/mol. The van der Waals surface area contributed by atoms with Crippen molar-refractivity contribution >= 4 is 28.8 Å². The molecule has 0 atom stereocenters. The van der Waals surface area contributed by atoms with Gasteiger partial charge in [-0.1, -0.05) is 6.42 Å². The molecule has 1 aromatic heterocycles. The summed E-state index contributed by atoms with van der Waals surface area (Å²) in [6.45, 7) is 8.43. The van der Waals surface area contributed by atoms with Crippen LogP contribution >= 0.6 is 0 Å². The van der Waals surface area contributed by atoms with E-state index < -0.39 is 0 Å². The van der Waals surface area contributed by atoms with Crippen molar-refractivity contribution in [3.05, 3.63) is 42.1 Å². The van der Waals surface area contributed by atoms with Crippen molar-refractivity contribution in [3.8, 4) is 0 Å². The number of benzene rings is 1. The molecule has 1 aliphatic carbocycles. The number of aromatic nitrogens is 1. The number of carbonyl (C=O) groups excluding carboxylic acids is 1. The third-order valence-corrected chi connectivity index (χ3v) is 5.11. The van der Waals surface area contributed by atoms with Crippen molar-refractivity contribution in [2.24, 2.45) is 5.92 Å². The first-order valence-electron chi connectivity index (χ1n) is 9.50. The van der Waals surface area contributed by atoms with Gasteiger partial charge in [0.15, 0.2) is 0 Å². The summed E-state index contributed by atoms with van der Waals surface area (Å²) >= 11 is 0. The third-order valence-electron chi connectivity index (χ3n) is 5.11. The normalized spacial score (nSPS) is 13.8. The summed E-state index contributed by atoms with van der Waals surface area (Å²) in [7, 11) is 0. The first-order chi connectivity index (χ1) is 12.6. The minimum absolute atomic E-state index is 0.113. The minimum atomic E-state index is 0.113. The number of pyridine rings is 1. The highest BCUT2D eigenvalue weighted by atomic mass is 16.1. The van der Waals surface area contributed by atoms with Crippen LogP contribution in [0.3, 0.4) is 0 Å². The number of amides is 1. The molecule has 0 bridgehead atoms. The number of hydrogen-bond donors (Lipinski definition) is 2. The fourth-order valence-electron chi connectivity index (χ4n) is 3.17. The van der Waals surface area contributed by atoms with Gasteiger partial charge in [0.1, 0.15) is 5.82 Å². The van der Waals surface area contributed by atoms with Crippen molar-refractivity contribution in [2.45, 2.75) is 40.0 Å².